The standard InChI is InChI=1S/C22H26N4O2S/c1-12(2)15-5-7-16(8-6-15)20-19(21(27)23-18-11-13(3)28-25-18)14(4)26(17-9-10-17)22(29)24-20/h5-8,11-12,17,20H,9-10H2,1-4H3,(H,24,29)(H,23,25,27). The molecule has 7 heteroatoms. The highest BCUT2D eigenvalue weighted by Crippen LogP contribution is 2.38. The van der Waals surface area contributed by atoms with E-state index in [1.165, 1.54) is 5.56 Å². The van der Waals surface area contributed by atoms with E-state index >= 15 is 0 Å². The molecule has 1 aromatic heterocycles. The lowest BCUT2D eigenvalue weighted by atomic mass is 9.92. The van der Waals surface area contributed by atoms with Crippen molar-refractivity contribution in [3.05, 3.63) is 58.5 Å². The van der Waals surface area contributed by atoms with Crippen LogP contribution in [0.25, 0.3) is 0 Å². The Balaban J connectivity index is 1.71. The SMILES string of the molecule is CC1=C(C(=O)Nc2cc(C)on2)C(c2ccc(C(C)C)cc2)NC(=S)N1C1CC1. The van der Waals surface area contributed by atoms with Crippen molar-refractivity contribution < 1.29 is 9.32 Å². The molecule has 1 aromatic carbocycles. The number of anilines is 1. The second-order valence-electron chi connectivity index (χ2n) is 8.08. The van der Waals surface area contributed by atoms with Gasteiger partial charge in [-0.15, -0.1) is 0 Å². The van der Waals surface area contributed by atoms with E-state index in [1.807, 2.05) is 6.92 Å². The minimum atomic E-state index is -0.313. The summed E-state index contributed by atoms with van der Waals surface area (Å²) in [7, 11) is 0. The summed E-state index contributed by atoms with van der Waals surface area (Å²) >= 11 is 5.66. The highest BCUT2D eigenvalue weighted by Gasteiger charge is 2.40. The second kappa shape index (κ2) is 7.63. The van der Waals surface area contributed by atoms with E-state index in [4.69, 9.17) is 16.7 Å². The molecule has 1 unspecified atom stereocenters. The van der Waals surface area contributed by atoms with Gasteiger partial charge in [-0.25, -0.2) is 0 Å². The smallest absolute Gasteiger partial charge is 0.257 e. The minimum absolute atomic E-state index is 0.200. The summed E-state index contributed by atoms with van der Waals surface area (Å²) in [5.41, 5.74) is 3.82. The lowest BCUT2D eigenvalue weighted by Gasteiger charge is -2.38. The summed E-state index contributed by atoms with van der Waals surface area (Å²) in [5, 5.41) is 10.8. The van der Waals surface area contributed by atoms with Crippen LogP contribution in [0.4, 0.5) is 5.82 Å². The summed E-state index contributed by atoms with van der Waals surface area (Å²) < 4.78 is 5.09. The van der Waals surface area contributed by atoms with Gasteiger partial charge in [-0.2, -0.15) is 0 Å². The molecule has 29 heavy (non-hydrogen) atoms. The van der Waals surface area contributed by atoms with Crippen molar-refractivity contribution in [1.82, 2.24) is 15.4 Å². The molecule has 0 saturated heterocycles. The van der Waals surface area contributed by atoms with Crippen LogP contribution in [0.3, 0.4) is 0 Å². The van der Waals surface area contributed by atoms with Gasteiger partial charge in [0.15, 0.2) is 10.9 Å². The highest BCUT2D eigenvalue weighted by atomic mass is 32.1. The van der Waals surface area contributed by atoms with Crippen molar-refractivity contribution in [2.24, 2.45) is 0 Å². The van der Waals surface area contributed by atoms with E-state index in [1.54, 1.807) is 13.0 Å². The number of aromatic nitrogens is 1. The summed E-state index contributed by atoms with van der Waals surface area (Å²) in [4.78, 5) is 15.4. The molecule has 2 aromatic rings. The van der Waals surface area contributed by atoms with Gasteiger partial charge in [0.05, 0.1) is 11.6 Å². The van der Waals surface area contributed by atoms with Crippen molar-refractivity contribution in [3.8, 4) is 0 Å². The van der Waals surface area contributed by atoms with Crippen molar-refractivity contribution in [2.45, 2.75) is 58.5 Å². The third kappa shape index (κ3) is 3.92. The Labute approximate surface area is 176 Å². The zero-order valence-corrected chi connectivity index (χ0v) is 18.0. The number of rotatable bonds is 5. The number of carbonyl (C=O) groups excluding carboxylic acids is 1. The first-order valence-electron chi connectivity index (χ1n) is 10.00. The van der Waals surface area contributed by atoms with Gasteiger partial charge >= 0.3 is 0 Å². The molecular weight excluding hydrogens is 384 g/mol. The highest BCUT2D eigenvalue weighted by molar-refractivity contribution is 7.80. The average Bonchev–Trinajstić information content (AvgIpc) is 3.42. The van der Waals surface area contributed by atoms with Crippen LogP contribution in [0.15, 0.2) is 46.1 Å². The molecule has 1 fully saturated rings. The van der Waals surface area contributed by atoms with E-state index in [9.17, 15) is 4.79 Å². The molecular formula is C22H26N4O2S. The van der Waals surface area contributed by atoms with Crippen LogP contribution >= 0.6 is 12.2 Å². The van der Waals surface area contributed by atoms with Gasteiger partial charge in [0.1, 0.15) is 5.76 Å². The number of benzene rings is 1. The van der Waals surface area contributed by atoms with E-state index in [2.05, 4.69) is 58.8 Å². The number of aryl methyl sites for hydroxylation is 1. The fraction of sp³-hybridized carbons (Fsp3) is 0.409. The first-order chi connectivity index (χ1) is 13.8. The zero-order valence-electron chi connectivity index (χ0n) is 17.2. The number of nitrogens with zero attached hydrogens (tertiary/aromatic N) is 2. The molecule has 4 rings (SSSR count). The van der Waals surface area contributed by atoms with Crippen molar-refractivity contribution in [3.63, 3.8) is 0 Å². The number of carbonyl (C=O) groups is 1. The Kier molecular flexibility index (Phi) is 5.17. The number of hydrogen-bond acceptors (Lipinski definition) is 4. The first-order valence-corrected chi connectivity index (χ1v) is 10.4. The quantitative estimate of drug-likeness (QED) is 0.712. The van der Waals surface area contributed by atoms with Gasteiger partial charge in [-0.1, -0.05) is 43.3 Å². The summed E-state index contributed by atoms with van der Waals surface area (Å²) in [6.45, 7) is 8.10. The number of allylic oxidation sites excluding steroid dienone is 1. The Morgan fingerprint density at radius 2 is 1.97 bits per heavy atom. The number of nitrogens with one attached hydrogen (secondary N) is 2. The maximum atomic E-state index is 13.3. The molecule has 1 saturated carbocycles. The van der Waals surface area contributed by atoms with E-state index < -0.39 is 0 Å². The van der Waals surface area contributed by atoms with E-state index in [0.29, 0.717) is 34.2 Å². The Morgan fingerprint density at radius 1 is 1.28 bits per heavy atom. The third-order valence-electron chi connectivity index (χ3n) is 5.49. The molecule has 1 atom stereocenters. The second-order valence-corrected chi connectivity index (χ2v) is 8.47. The minimum Gasteiger partial charge on any atom is -0.360 e. The topological polar surface area (TPSA) is 70.4 Å². The average molecular weight is 411 g/mol. The van der Waals surface area contributed by atoms with Gasteiger partial charge in [-0.05, 0) is 56.0 Å². The molecule has 1 aliphatic carbocycles. The van der Waals surface area contributed by atoms with Crippen LogP contribution in [0, 0.1) is 6.92 Å². The molecule has 2 aliphatic rings. The lowest BCUT2D eigenvalue weighted by Crippen LogP contribution is -2.49. The zero-order chi connectivity index (χ0) is 20.7. The molecule has 0 radical (unpaired) electrons. The van der Waals surface area contributed by atoms with Gasteiger partial charge < -0.3 is 20.1 Å². The fourth-order valence-electron chi connectivity index (χ4n) is 3.76. The van der Waals surface area contributed by atoms with Gasteiger partial charge in [0.25, 0.3) is 5.91 Å². The third-order valence-corrected chi connectivity index (χ3v) is 5.80. The largest absolute Gasteiger partial charge is 0.360 e. The van der Waals surface area contributed by atoms with Crippen molar-refractivity contribution in [2.75, 3.05) is 5.32 Å². The molecule has 0 bridgehead atoms. The number of amides is 1. The Morgan fingerprint density at radius 3 is 2.52 bits per heavy atom. The number of hydrogen-bond donors (Lipinski definition) is 2. The monoisotopic (exact) mass is 410 g/mol. The van der Waals surface area contributed by atoms with Gasteiger partial charge in [0, 0.05) is 17.8 Å². The Bertz CT molecular complexity index is 973. The molecule has 2 heterocycles. The van der Waals surface area contributed by atoms with Crippen LogP contribution in [-0.4, -0.2) is 27.1 Å². The molecule has 2 N–H and O–H groups in total. The van der Waals surface area contributed by atoms with Crippen molar-refractivity contribution >= 4 is 29.1 Å². The van der Waals surface area contributed by atoms with Crippen LogP contribution in [0.2, 0.25) is 0 Å². The summed E-state index contributed by atoms with van der Waals surface area (Å²) in [6.07, 6.45) is 2.18. The molecule has 0 spiro atoms. The van der Waals surface area contributed by atoms with Crippen LogP contribution in [0.5, 0.6) is 0 Å². The lowest BCUT2D eigenvalue weighted by molar-refractivity contribution is -0.113. The van der Waals surface area contributed by atoms with Crippen LogP contribution in [-0.2, 0) is 4.79 Å². The first kappa shape index (κ1) is 19.6. The maximum Gasteiger partial charge on any atom is 0.257 e. The van der Waals surface area contributed by atoms with E-state index in [0.717, 1.165) is 24.1 Å². The molecule has 1 amide bonds. The van der Waals surface area contributed by atoms with E-state index in [-0.39, 0.29) is 11.9 Å². The van der Waals surface area contributed by atoms with Crippen LogP contribution < -0.4 is 10.6 Å². The van der Waals surface area contributed by atoms with Crippen LogP contribution in [0.1, 0.15) is 62.5 Å². The predicted molar refractivity (Wildman–Crippen MR) is 116 cm³/mol. The molecule has 152 valence electrons. The molecule has 6 nitrogen and oxygen atoms in total. The normalized spacial score (nSPS) is 19.6. The van der Waals surface area contributed by atoms with Gasteiger partial charge in [0.2, 0.25) is 0 Å². The van der Waals surface area contributed by atoms with Gasteiger partial charge in [-0.3, -0.25) is 4.79 Å². The summed E-state index contributed by atoms with van der Waals surface area (Å²) in [6, 6.07) is 10.1. The summed E-state index contributed by atoms with van der Waals surface area (Å²) in [5.74, 6) is 1.31. The Hall–Kier alpha value is -2.67. The number of thiocarbonyl (C=S) groups is 1. The van der Waals surface area contributed by atoms with Crippen molar-refractivity contribution in [1.29, 1.82) is 0 Å². The maximum absolute atomic E-state index is 13.3. The fourth-order valence-corrected chi connectivity index (χ4v) is 4.16. The predicted octanol–water partition coefficient (Wildman–Crippen LogP) is 4.41. The molecule has 1 aliphatic heterocycles.